The molecule has 1 rings (SSSR count). The van der Waals surface area contributed by atoms with Crippen LogP contribution in [-0.2, 0) is 14.3 Å². The lowest BCUT2D eigenvalue weighted by Crippen LogP contribution is -2.43. The number of nitrogens with zero attached hydrogens (tertiary/aromatic N) is 1. The Labute approximate surface area is 139 Å². The summed E-state index contributed by atoms with van der Waals surface area (Å²) in [5, 5.41) is 3.15. The number of hydrogen-bond acceptors (Lipinski definition) is 5. The van der Waals surface area contributed by atoms with Crippen LogP contribution in [0.25, 0.3) is 0 Å². The Bertz CT molecular complexity index is 399. The maximum Gasteiger partial charge on any atom is 0.410 e. The summed E-state index contributed by atoms with van der Waals surface area (Å²) in [5.74, 6) is 0.236. The number of piperidine rings is 1. The third-order valence-electron chi connectivity index (χ3n) is 3.39. The van der Waals surface area contributed by atoms with E-state index in [1.165, 1.54) is 0 Å². The molecule has 0 aromatic heterocycles. The summed E-state index contributed by atoms with van der Waals surface area (Å²) in [6.45, 7) is 13.6. The van der Waals surface area contributed by atoms with Gasteiger partial charge in [0.05, 0.1) is 6.54 Å². The highest BCUT2D eigenvalue weighted by Gasteiger charge is 2.26. The standard InChI is InChI=1S/C17H32N2O4/c1-16(2,3)22-14(20)12-18-11-13-7-9-19(10-8-13)15(21)23-17(4,5)6/h13,18H,7-12H2,1-6H3. The molecule has 0 radical (unpaired) electrons. The molecule has 0 unspecified atom stereocenters. The predicted octanol–water partition coefficient (Wildman–Crippen LogP) is 2.56. The minimum absolute atomic E-state index is 0.226. The van der Waals surface area contributed by atoms with Crippen molar-refractivity contribution in [3.63, 3.8) is 0 Å². The maximum atomic E-state index is 12.0. The van der Waals surface area contributed by atoms with Crippen molar-refractivity contribution in [2.75, 3.05) is 26.2 Å². The average Bonchev–Trinajstić information content (AvgIpc) is 2.35. The normalized spacial score (nSPS) is 17.0. The van der Waals surface area contributed by atoms with Crippen molar-refractivity contribution >= 4 is 12.1 Å². The molecule has 134 valence electrons. The van der Waals surface area contributed by atoms with Gasteiger partial charge in [0, 0.05) is 13.1 Å². The summed E-state index contributed by atoms with van der Waals surface area (Å²) in [7, 11) is 0. The van der Waals surface area contributed by atoms with Crippen LogP contribution in [0.15, 0.2) is 0 Å². The van der Waals surface area contributed by atoms with E-state index in [9.17, 15) is 9.59 Å². The summed E-state index contributed by atoms with van der Waals surface area (Å²) in [4.78, 5) is 25.4. The third-order valence-corrected chi connectivity index (χ3v) is 3.39. The van der Waals surface area contributed by atoms with Crippen LogP contribution in [0, 0.1) is 5.92 Å². The lowest BCUT2D eigenvalue weighted by atomic mass is 9.97. The van der Waals surface area contributed by atoms with E-state index in [4.69, 9.17) is 9.47 Å². The second-order valence-electron chi connectivity index (χ2n) is 8.13. The molecule has 1 fully saturated rings. The van der Waals surface area contributed by atoms with E-state index in [0.29, 0.717) is 19.0 Å². The minimum Gasteiger partial charge on any atom is -0.459 e. The number of carbonyl (C=O) groups excluding carboxylic acids is 2. The Morgan fingerprint density at radius 2 is 1.52 bits per heavy atom. The van der Waals surface area contributed by atoms with Crippen LogP contribution >= 0.6 is 0 Å². The van der Waals surface area contributed by atoms with Crippen molar-refractivity contribution in [3.8, 4) is 0 Å². The molecular formula is C17H32N2O4. The number of ether oxygens (including phenoxy) is 2. The Morgan fingerprint density at radius 1 is 1.00 bits per heavy atom. The van der Waals surface area contributed by atoms with Crippen molar-refractivity contribution in [2.24, 2.45) is 5.92 Å². The first-order valence-electron chi connectivity index (χ1n) is 8.37. The molecule has 23 heavy (non-hydrogen) atoms. The van der Waals surface area contributed by atoms with Crippen LogP contribution in [0.4, 0.5) is 4.79 Å². The molecule has 0 bridgehead atoms. The zero-order valence-corrected chi connectivity index (χ0v) is 15.4. The first kappa shape index (κ1) is 19.7. The fraction of sp³-hybridized carbons (Fsp3) is 0.882. The van der Waals surface area contributed by atoms with Gasteiger partial charge in [0.25, 0.3) is 0 Å². The van der Waals surface area contributed by atoms with E-state index in [2.05, 4.69) is 5.32 Å². The molecule has 0 atom stereocenters. The first-order chi connectivity index (χ1) is 10.5. The molecule has 1 heterocycles. The summed E-state index contributed by atoms with van der Waals surface area (Å²) >= 11 is 0. The molecule has 1 aliphatic heterocycles. The molecule has 6 heteroatoms. The van der Waals surface area contributed by atoms with Gasteiger partial charge in [-0.1, -0.05) is 0 Å². The molecule has 0 aromatic carbocycles. The average molecular weight is 328 g/mol. The van der Waals surface area contributed by atoms with Gasteiger partial charge in [-0.15, -0.1) is 0 Å². The van der Waals surface area contributed by atoms with Gasteiger partial charge in [0.1, 0.15) is 11.2 Å². The fourth-order valence-electron chi connectivity index (χ4n) is 2.40. The number of nitrogens with one attached hydrogen (secondary N) is 1. The Kier molecular flexibility index (Phi) is 6.86. The van der Waals surface area contributed by atoms with Crippen molar-refractivity contribution in [3.05, 3.63) is 0 Å². The molecule has 1 N–H and O–H groups in total. The van der Waals surface area contributed by atoms with Crippen molar-refractivity contribution in [1.82, 2.24) is 10.2 Å². The molecule has 1 saturated heterocycles. The predicted molar refractivity (Wildman–Crippen MR) is 89.2 cm³/mol. The quantitative estimate of drug-likeness (QED) is 0.803. The van der Waals surface area contributed by atoms with E-state index in [1.54, 1.807) is 4.90 Å². The number of hydrogen-bond donors (Lipinski definition) is 1. The molecule has 6 nitrogen and oxygen atoms in total. The van der Waals surface area contributed by atoms with E-state index >= 15 is 0 Å². The second-order valence-corrected chi connectivity index (χ2v) is 8.13. The highest BCUT2D eigenvalue weighted by atomic mass is 16.6. The number of rotatable bonds is 4. The smallest absolute Gasteiger partial charge is 0.410 e. The lowest BCUT2D eigenvalue weighted by Gasteiger charge is -2.33. The van der Waals surface area contributed by atoms with Crippen LogP contribution in [0.5, 0.6) is 0 Å². The summed E-state index contributed by atoms with van der Waals surface area (Å²) in [6.07, 6.45) is 1.60. The number of esters is 1. The van der Waals surface area contributed by atoms with Gasteiger partial charge >= 0.3 is 12.1 Å². The zero-order chi connectivity index (χ0) is 17.7. The SMILES string of the molecule is CC(C)(C)OC(=O)CNCC1CCN(C(=O)OC(C)(C)C)CC1. The minimum atomic E-state index is -0.455. The molecule has 0 saturated carbocycles. The van der Waals surface area contributed by atoms with Crippen LogP contribution in [-0.4, -0.2) is 54.3 Å². The van der Waals surface area contributed by atoms with Gasteiger partial charge < -0.3 is 19.7 Å². The largest absolute Gasteiger partial charge is 0.459 e. The zero-order valence-electron chi connectivity index (χ0n) is 15.4. The Morgan fingerprint density at radius 3 is 2.00 bits per heavy atom. The third kappa shape index (κ3) is 8.79. The molecule has 1 aliphatic rings. The second kappa shape index (κ2) is 7.99. The Hall–Kier alpha value is -1.30. The topological polar surface area (TPSA) is 67.9 Å². The van der Waals surface area contributed by atoms with E-state index < -0.39 is 11.2 Å². The first-order valence-corrected chi connectivity index (χ1v) is 8.37. The molecule has 0 aliphatic carbocycles. The summed E-state index contributed by atoms with van der Waals surface area (Å²) in [5.41, 5.74) is -0.902. The molecule has 0 spiro atoms. The van der Waals surface area contributed by atoms with E-state index in [-0.39, 0.29) is 18.6 Å². The monoisotopic (exact) mass is 328 g/mol. The molecular weight excluding hydrogens is 296 g/mol. The highest BCUT2D eigenvalue weighted by molar-refractivity contribution is 5.72. The molecule has 0 aromatic rings. The fourth-order valence-corrected chi connectivity index (χ4v) is 2.40. The highest BCUT2D eigenvalue weighted by Crippen LogP contribution is 2.19. The molecule has 1 amide bonds. The maximum absolute atomic E-state index is 12.0. The number of likely N-dealkylation sites (tertiary alicyclic amines) is 1. The van der Waals surface area contributed by atoms with Gasteiger partial charge in [-0.3, -0.25) is 4.79 Å². The van der Waals surface area contributed by atoms with Crippen LogP contribution in [0.2, 0.25) is 0 Å². The number of carbonyl (C=O) groups is 2. The Balaban J connectivity index is 2.22. The van der Waals surface area contributed by atoms with Crippen molar-refractivity contribution in [1.29, 1.82) is 0 Å². The van der Waals surface area contributed by atoms with Crippen LogP contribution < -0.4 is 5.32 Å². The lowest BCUT2D eigenvalue weighted by molar-refractivity contribution is -0.153. The van der Waals surface area contributed by atoms with Gasteiger partial charge in [0.2, 0.25) is 0 Å². The van der Waals surface area contributed by atoms with Gasteiger partial charge in [-0.2, -0.15) is 0 Å². The van der Waals surface area contributed by atoms with Gasteiger partial charge in [0.15, 0.2) is 0 Å². The van der Waals surface area contributed by atoms with Crippen LogP contribution in [0.1, 0.15) is 54.4 Å². The number of amides is 1. The van der Waals surface area contributed by atoms with Crippen molar-refractivity contribution < 1.29 is 19.1 Å². The van der Waals surface area contributed by atoms with Gasteiger partial charge in [-0.25, -0.2) is 4.79 Å². The van der Waals surface area contributed by atoms with E-state index in [0.717, 1.165) is 19.4 Å². The van der Waals surface area contributed by atoms with E-state index in [1.807, 2.05) is 41.5 Å². The van der Waals surface area contributed by atoms with Crippen molar-refractivity contribution in [2.45, 2.75) is 65.6 Å². The summed E-state index contributed by atoms with van der Waals surface area (Å²) < 4.78 is 10.6. The van der Waals surface area contributed by atoms with Gasteiger partial charge in [-0.05, 0) is 66.8 Å². The van der Waals surface area contributed by atoms with Crippen LogP contribution in [0.3, 0.4) is 0 Å². The summed E-state index contributed by atoms with van der Waals surface area (Å²) in [6, 6.07) is 0.